The number of aromatic carboxylic acids is 1. The van der Waals surface area contributed by atoms with Gasteiger partial charge in [-0.15, -0.1) is 0 Å². The van der Waals surface area contributed by atoms with Crippen molar-refractivity contribution >= 4 is 34.2 Å². The van der Waals surface area contributed by atoms with Crippen LogP contribution >= 0.6 is 11.6 Å². The number of likely N-dealkylation sites (tertiary alicyclic amines) is 1. The van der Waals surface area contributed by atoms with Crippen LogP contribution in [-0.4, -0.2) is 53.8 Å². The molecule has 1 N–H and O–H groups in total. The largest absolute Gasteiger partial charge is 0.478 e. The minimum Gasteiger partial charge on any atom is -0.478 e. The Morgan fingerprint density at radius 3 is 2.51 bits per heavy atom. The number of carbonyl (C=O) groups is 1. The summed E-state index contributed by atoms with van der Waals surface area (Å²) in [4.78, 5) is 16.9. The van der Waals surface area contributed by atoms with Gasteiger partial charge in [0.15, 0.2) is 0 Å². The van der Waals surface area contributed by atoms with Gasteiger partial charge in [-0.25, -0.2) is 4.79 Å². The zero-order chi connectivity index (χ0) is 25.5. The van der Waals surface area contributed by atoms with E-state index in [1.165, 1.54) is 92.4 Å². The Morgan fingerprint density at radius 2 is 1.76 bits per heavy atom. The summed E-state index contributed by atoms with van der Waals surface area (Å²) < 4.78 is 2.42. The number of piperidine rings is 1. The van der Waals surface area contributed by atoms with Crippen molar-refractivity contribution in [3.05, 3.63) is 52.5 Å². The number of aromatic nitrogens is 1. The van der Waals surface area contributed by atoms with E-state index in [0.29, 0.717) is 11.5 Å². The first-order valence-electron chi connectivity index (χ1n) is 14.1. The van der Waals surface area contributed by atoms with Gasteiger partial charge in [-0.2, -0.15) is 0 Å². The molecule has 1 saturated heterocycles. The molecule has 1 aromatic heterocycles. The number of fused-ring (bicyclic) bond motifs is 5. The van der Waals surface area contributed by atoms with Crippen molar-refractivity contribution in [1.29, 1.82) is 0 Å². The molecule has 0 spiro atoms. The fraction of sp³-hybridized carbons (Fsp3) is 0.516. The van der Waals surface area contributed by atoms with Gasteiger partial charge in [-0.1, -0.05) is 36.9 Å². The van der Waals surface area contributed by atoms with E-state index < -0.39 is 5.97 Å². The zero-order valence-electron chi connectivity index (χ0n) is 21.9. The van der Waals surface area contributed by atoms with Crippen LogP contribution < -0.4 is 4.90 Å². The van der Waals surface area contributed by atoms with Crippen LogP contribution in [0.1, 0.15) is 73.2 Å². The van der Waals surface area contributed by atoms with Gasteiger partial charge in [0.2, 0.25) is 0 Å². The van der Waals surface area contributed by atoms with Crippen LogP contribution in [0.15, 0.2) is 36.4 Å². The van der Waals surface area contributed by atoms with Crippen LogP contribution in [-0.2, 0) is 6.54 Å². The van der Waals surface area contributed by atoms with Crippen molar-refractivity contribution in [1.82, 2.24) is 9.47 Å². The van der Waals surface area contributed by atoms with Crippen molar-refractivity contribution in [2.24, 2.45) is 5.92 Å². The molecular formula is C31H38ClN3O2. The molecule has 0 amide bonds. The lowest BCUT2D eigenvalue weighted by molar-refractivity contribution is 0.0697. The molecule has 1 saturated carbocycles. The van der Waals surface area contributed by atoms with Gasteiger partial charge in [0.25, 0.3) is 0 Å². The molecule has 37 heavy (non-hydrogen) atoms. The number of benzene rings is 2. The maximum atomic E-state index is 11.9. The fourth-order valence-electron chi connectivity index (χ4n) is 7.07. The van der Waals surface area contributed by atoms with Crippen molar-refractivity contribution in [2.45, 2.75) is 63.8 Å². The predicted molar refractivity (Wildman–Crippen MR) is 152 cm³/mol. The van der Waals surface area contributed by atoms with Gasteiger partial charge in [0, 0.05) is 46.8 Å². The summed E-state index contributed by atoms with van der Waals surface area (Å²) in [7, 11) is 2.22. The molecule has 196 valence electrons. The SMILES string of the molecule is CN1CCC(CCN2CCn3c(c(C4CCCCC4)c4ccc(C(=O)O)cc43)-c3ccc(Cl)cc32)CC1. The Bertz CT molecular complexity index is 1300. The third-order valence-electron chi connectivity index (χ3n) is 9.16. The first-order valence-corrected chi connectivity index (χ1v) is 14.5. The molecule has 2 aromatic carbocycles. The van der Waals surface area contributed by atoms with Crippen LogP contribution in [0.2, 0.25) is 5.02 Å². The number of anilines is 1. The van der Waals surface area contributed by atoms with Gasteiger partial charge >= 0.3 is 5.97 Å². The number of hydrogen-bond donors (Lipinski definition) is 1. The lowest BCUT2D eigenvalue weighted by Gasteiger charge is -2.32. The third kappa shape index (κ3) is 4.77. The number of halogens is 1. The lowest BCUT2D eigenvalue weighted by atomic mass is 9.81. The Balaban J connectivity index is 1.45. The molecule has 3 aliphatic rings. The monoisotopic (exact) mass is 519 g/mol. The molecule has 0 unspecified atom stereocenters. The molecule has 5 nitrogen and oxygen atoms in total. The fourth-order valence-corrected chi connectivity index (χ4v) is 7.23. The number of nitrogens with zero attached hydrogens (tertiary/aromatic N) is 3. The number of hydrogen-bond acceptors (Lipinski definition) is 3. The van der Waals surface area contributed by atoms with Crippen LogP contribution in [0.4, 0.5) is 5.69 Å². The highest BCUT2D eigenvalue weighted by atomic mass is 35.5. The molecule has 0 atom stereocenters. The van der Waals surface area contributed by atoms with Crippen LogP contribution in [0, 0.1) is 5.92 Å². The van der Waals surface area contributed by atoms with Gasteiger partial charge in [-0.3, -0.25) is 0 Å². The van der Waals surface area contributed by atoms with E-state index in [4.69, 9.17) is 11.6 Å². The summed E-state index contributed by atoms with van der Waals surface area (Å²) in [5, 5.41) is 11.8. The average Bonchev–Trinajstić information content (AvgIpc) is 3.14. The van der Waals surface area contributed by atoms with E-state index in [1.807, 2.05) is 12.1 Å². The van der Waals surface area contributed by atoms with Gasteiger partial charge in [0.1, 0.15) is 0 Å². The Kier molecular flexibility index (Phi) is 6.93. The van der Waals surface area contributed by atoms with Crippen molar-refractivity contribution in [3.8, 4) is 11.3 Å². The highest BCUT2D eigenvalue weighted by Crippen LogP contribution is 2.48. The maximum Gasteiger partial charge on any atom is 0.335 e. The van der Waals surface area contributed by atoms with Crippen LogP contribution in [0.25, 0.3) is 22.2 Å². The van der Waals surface area contributed by atoms with E-state index in [-0.39, 0.29) is 0 Å². The average molecular weight is 520 g/mol. The highest BCUT2D eigenvalue weighted by molar-refractivity contribution is 6.31. The molecule has 3 aromatic rings. The van der Waals surface area contributed by atoms with Gasteiger partial charge in [0.05, 0.1) is 11.3 Å². The van der Waals surface area contributed by atoms with Crippen molar-refractivity contribution < 1.29 is 9.90 Å². The second-order valence-electron chi connectivity index (χ2n) is 11.5. The molecule has 6 heteroatoms. The van der Waals surface area contributed by atoms with Crippen molar-refractivity contribution in [3.63, 3.8) is 0 Å². The first kappa shape index (κ1) is 24.8. The number of carboxylic acid groups (broad SMARTS) is 1. The van der Waals surface area contributed by atoms with Crippen LogP contribution in [0.3, 0.4) is 0 Å². The first-order chi connectivity index (χ1) is 18.0. The summed E-state index contributed by atoms with van der Waals surface area (Å²) in [5.41, 5.74) is 6.62. The van der Waals surface area contributed by atoms with E-state index in [0.717, 1.165) is 36.1 Å². The van der Waals surface area contributed by atoms with Gasteiger partial charge < -0.3 is 19.5 Å². The Morgan fingerprint density at radius 1 is 0.973 bits per heavy atom. The number of rotatable bonds is 5. The van der Waals surface area contributed by atoms with Crippen molar-refractivity contribution in [2.75, 3.05) is 38.1 Å². The molecule has 0 bridgehead atoms. The Hall–Kier alpha value is -2.50. The standard InChI is InChI=1S/C31H38ClN3O2/c1-33-14-11-21(12-15-33)13-16-34-17-18-35-28-19-23(31(36)37)7-9-25(28)29(22-5-3-2-4-6-22)30(35)26-10-8-24(32)20-27(26)34/h7-10,19-22H,2-6,11-18H2,1H3,(H,36,37). The minimum atomic E-state index is -0.864. The quantitative estimate of drug-likeness (QED) is 0.385. The second kappa shape index (κ2) is 10.3. The third-order valence-corrected chi connectivity index (χ3v) is 9.39. The van der Waals surface area contributed by atoms with Gasteiger partial charge in [-0.05, 0) is 100.0 Å². The van der Waals surface area contributed by atoms with Crippen LogP contribution in [0.5, 0.6) is 0 Å². The molecule has 0 radical (unpaired) electrons. The Labute approximate surface area is 225 Å². The second-order valence-corrected chi connectivity index (χ2v) is 11.9. The molecule has 6 rings (SSSR count). The molecule has 3 heterocycles. The predicted octanol–water partition coefficient (Wildman–Crippen LogP) is 7.26. The maximum absolute atomic E-state index is 11.9. The topological polar surface area (TPSA) is 48.7 Å². The number of carboxylic acids is 1. The summed E-state index contributed by atoms with van der Waals surface area (Å²) in [6, 6.07) is 12.1. The van der Waals surface area contributed by atoms with E-state index >= 15 is 0 Å². The van der Waals surface area contributed by atoms with E-state index in [2.05, 4.69) is 39.6 Å². The molecule has 1 aliphatic carbocycles. The zero-order valence-corrected chi connectivity index (χ0v) is 22.6. The summed E-state index contributed by atoms with van der Waals surface area (Å²) >= 11 is 6.61. The summed E-state index contributed by atoms with van der Waals surface area (Å²) in [5.74, 6) is 0.424. The summed E-state index contributed by atoms with van der Waals surface area (Å²) in [6.45, 7) is 5.17. The summed E-state index contributed by atoms with van der Waals surface area (Å²) in [6.07, 6.45) is 10.0. The van der Waals surface area contributed by atoms with E-state index in [9.17, 15) is 9.90 Å². The van der Waals surface area contributed by atoms with E-state index in [1.54, 1.807) is 6.07 Å². The lowest BCUT2D eigenvalue weighted by Crippen LogP contribution is -2.33. The highest BCUT2D eigenvalue weighted by Gasteiger charge is 2.31. The smallest absolute Gasteiger partial charge is 0.335 e. The molecule has 2 fully saturated rings. The minimum absolute atomic E-state index is 0.364. The molecule has 2 aliphatic heterocycles. The normalized spacial score (nSPS) is 19.6. The molecular weight excluding hydrogens is 482 g/mol.